The van der Waals surface area contributed by atoms with Crippen molar-refractivity contribution in [3.8, 4) is 0 Å². The van der Waals surface area contributed by atoms with E-state index in [1.807, 2.05) is 25.7 Å². The summed E-state index contributed by atoms with van der Waals surface area (Å²) in [5.74, 6) is 0. The van der Waals surface area contributed by atoms with Crippen LogP contribution in [0.5, 0.6) is 0 Å². The molecule has 1 fully saturated rings. The Bertz CT molecular complexity index is 627. The summed E-state index contributed by atoms with van der Waals surface area (Å²) in [7, 11) is 0. The quantitative estimate of drug-likeness (QED) is 0.341. The predicted octanol–water partition coefficient (Wildman–Crippen LogP) is 3.89. The van der Waals surface area contributed by atoms with Gasteiger partial charge in [0.25, 0.3) is 0 Å². The summed E-state index contributed by atoms with van der Waals surface area (Å²) in [5.41, 5.74) is 0.434. The lowest BCUT2D eigenvalue weighted by Gasteiger charge is -2.37. The van der Waals surface area contributed by atoms with E-state index in [1.165, 1.54) is 12.1 Å². The van der Waals surface area contributed by atoms with Gasteiger partial charge in [-0.1, -0.05) is 23.2 Å². The number of carbonyl (C=O) groups is 1. The third-order valence-electron chi connectivity index (χ3n) is 3.54. The Morgan fingerprint density at radius 2 is 1.71 bits per heavy atom. The van der Waals surface area contributed by atoms with E-state index in [9.17, 15) is 10.0 Å². The number of hydrogen-bond acceptors (Lipinski definition) is 4. The highest BCUT2D eigenvalue weighted by Gasteiger charge is 2.27. The fourth-order valence-corrected chi connectivity index (χ4v) is 3.15. The summed E-state index contributed by atoms with van der Waals surface area (Å²) < 4.78 is 5.84. The number of rotatable bonds is 2. The zero-order chi connectivity index (χ0) is 18.1. The van der Waals surface area contributed by atoms with Crippen molar-refractivity contribution in [3.05, 3.63) is 27.4 Å². The molecule has 0 radical (unpaired) electrons. The summed E-state index contributed by atoms with van der Waals surface area (Å²) in [6, 6.07) is 3.06. The van der Waals surface area contributed by atoms with Crippen LogP contribution in [0.3, 0.4) is 0 Å². The monoisotopic (exact) mass is 373 g/mol. The van der Waals surface area contributed by atoms with Gasteiger partial charge in [-0.25, -0.2) is 4.79 Å². The van der Waals surface area contributed by atoms with Crippen LogP contribution in [0.15, 0.2) is 12.1 Å². The van der Waals surface area contributed by atoms with E-state index in [-0.39, 0.29) is 6.09 Å². The Morgan fingerprint density at radius 1 is 1.21 bits per heavy atom. The molecule has 1 aromatic rings. The van der Waals surface area contributed by atoms with E-state index in [0.717, 1.165) is 0 Å². The normalized spacial score (nSPS) is 15.4. The Labute approximate surface area is 151 Å². The number of nitrogens with zero attached hydrogens (tertiary/aromatic N) is 3. The van der Waals surface area contributed by atoms with Crippen LogP contribution in [-0.2, 0) is 4.74 Å². The van der Waals surface area contributed by atoms with Gasteiger partial charge in [0.05, 0.1) is 15.7 Å². The van der Waals surface area contributed by atoms with Crippen LogP contribution in [-0.4, -0.2) is 54.2 Å². The van der Waals surface area contributed by atoms with Gasteiger partial charge in [0.15, 0.2) is 0 Å². The van der Waals surface area contributed by atoms with Crippen LogP contribution in [0.25, 0.3) is 0 Å². The molecule has 0 atom stereocenters. The maximum absolute atomic E-state index is 12.1. The third kappa shape index (κ3) is 4.45. The molecular formula is C16H21Cl2N3O3. The molecule has 6 nitrogen and oxygen atoms in total. The van der Waals surface area contributed by atoms with E-state index < -0.39 is 5.60 Å². The Morgan fingerprint density at radius 3 is 2.12 bits per heavy atom. The van der Waals surface area contributed by atoms with Crippen molar-refractivity contribution in [1.82, 2.24) is 4.90 Å². The van der Waals surface area contributed by atoms with E-state index in [0.29, 0.717) is 52.3 Å². The fraction of sp³-hybridized carbons (Fsp3) is 0.500. The molecule has 1 saturated heterocycles. The second-order valence-electron chi connectivity index (χ2n) is 6.59. The van der Waals surface area contributed by atoms with Crippen LogP contribution in [0, 0.1) is 5.21 Å². The highest BCUT2D eigenvalue weighted by molar-refractivity contribution is 6.39. The molecule has 1 aromatic carbocycles. The van der Waals surface area contributed by atoms with Crippen molar-refractivity contribution in [2.75, 3.05) is 31.1 Å². The molecule has 1 amide bonds. The summed E-state index contributed by atoms with van der Waals surface area (Å²) >= 11 is 12.5. The first-order valence-corrected chi connectivity index (χ1v) is 8.34. The SMILES string of the molecule is C=[N+]([O-])c1cc(Cl)c(N2CCN(C(=O)OC(C)(C)C)CC2)c(Cl)c1. The minimum absolute atomic E-state index is 0.293. The molecule has 0 spiro atoms. The van der Waals surface area contributed by atoms with E-state index >= 15 is 0 Å². The van der Waals surface area contributed by atoms with E-state index in [2.05, 4.69) is 6.72 Å². The zero-order valence-electron chi connectivity index (χ0n) is 14.0. The van der Waals surface area contributed by atoms with Gasteiger partial charge in [-0.2, -0.15) is 4.74 Å². The molecule has 0 aromatic heterocycles. The number of hydrogen-bond donors (Lipinski definition) is 0. The highest BCUT2D eigenvalue weighted by atomic mass is 35.5. The van der Waals surface area contributed by atoms with Crippen LogP contribution >= 0.6 is 23.2 Å². The zero-order valence-corrected chi connectivity index (χ0v) is 15.5. The van der Waals surface area contributed by atoms with Gasteiger partial charge in [-0.3, -0.25) is 0 Å². The van der Waals surface area contributed by atoms with Crippen LogP contribution in [0.1, 0.15) is 20.8 Å². The molecule has 24 heavy (non-hydrogen) atoms. The number of carbonyl (C=O) groups excluding carboxylic acids is 1. The topological polar surface area (TPSA) is 58.9 Å². The van der Waals surface area contributed by atoms with Crippen molar-refractivity contribution in [2.24, 2.45) is 0 Å². The molecule has 0 saturated carbocycles. The van der Waals surface area contributed by atoms with Crippen LogP contribution in [0.2, 0.25) is 10.0 Å². The van der Waals surface area contributed by atoms with Crippen molar-refractivity contribution in [1.29, 1.82) is 0 Å². The van der Waals surface area contributed by atoms with Gasteiger partial charge in [-0.05, 0) is 20.8 Å². The molecular weight excluding hydrogens is 353 g/mol. The lowest BCUT2D eigenvalue weighted by molar-refractivity contribution is -0.349. The average Bonchev–Trinajstić information content (AvgIpc) is 2.45. The fourth-order valence-electron chi connectivity index (χ4n) is 2.44. The number of piperazine rings is 1. The Hall–Kier alpha value is -1.66. The van der Waals surface area contributed by atoms with Gasteiger partial charge in [-0.15, -0.1) is 0 Å². The smallest absolute Gasteiger partial charge is 0.410 e. The van der Waals surface area contributed by atoms with Gasteiger partial charge in [0.2, 0.25) is 5.69 Å². The summed E-state index contributed by atoms with van der Waals surface area (Å²) in [4.78, 5) is 15.7. The van der Waals surface area contributed by atoms with Crippen molar-refractivity contribution < 1.29 is 14.3 Å². The number of anilines is 1. The molecule has 8 heteroatoms. The van der Waals surface area contributed by atoms with E-state index in [4.69, 9.17) is 27.9 Å². The van der Waals surface area contributed by atoms with Crippen LogP contribution < -0.4 is 4.90 Å². The van der Waals surface area contributed by atoms with Crippen molar-refractivity contribution in [2.45, 2.75) is 26.4 Å². The molecule has 1 aliphatic rings. The Kier molecular flexibility index (Phi) is 5.50. The predicted molar refractivity (Wildman–Crippen MR) is 96.9 cm³/mol. The van der Waals surface area contributed by atoms with E-state index in [1.54, 1.807) is 4.90 Å². The first-order chi connectivity index (χ1) is 11.1. The summed E-state index contributed by atoms with van der Waals surface area (Å²) in [5, 5.41) is 12.1. The van der Waals surface area contributed by atoms with Gasteiger partial charge >= 0.3 is 6.09 Å². The molecule has 0 unspecified atom stereocenters. The third-order valence-corrected chi connectivity index (χ3v) is 4.11. The standard InChI is InChI=1S/C16H21Cl2N3O3/c1-16(2,3)24-15(22)21-7-5-20(6-8-21)14-12(17)9-11(19(4)23)10-13(14)18/h9-10H,4-8H2,1-3H3. The number of amides is 1. The molecule has 1 aliphatic heterocycles. The number of benzene rings is 1. The largest absolute Gasteiger partial charge is 0.619 e. The Balaban J connectivity index is 2.07. The minimum atomic E-state index is -0.519. The maximum atomic E-state index is 12.1. The number of halogens is 2. The lowest BCUT2D eigenvalue weighted by Crippen LogP contribution is -2.50. The first kappa shape index (κ1) is 18.7. The summed E-state index contributed by atoms with van der Waals surface area (Å²) in [6.45, 7) is 11.0. The molecule has 132 valence electrons. The lowest BCUT2D eigenvalue weighted by atomic mass is 10.2. The molecule has 2 rings (SSSR count). The van der Waals surface area contributed by atoms with Gasteiger partial charge in [0.1, 0.15) is 12.3 Å². The molecule has 0 bridgehead atoms. The molecule has 0 N–H and O–H groups in total. The second-order valence-corrected chi connectivity index (χ2v) is 7.41. The first-order valence-electron chi connectivity index (χ1n) is 7.58. The molecule has 1 heterocycles. The van der Waals surface area contributed by atoms with Crippen molar-refractivity contribution >= 4 is 47.4 Å². The summed E-state index contributed by atoms with van der Waals surface area (Å²) in [6.07, 6.45) is -0.325. The van der Waals surface area contributed by atoms with Gasteiger partial charge < -0.3 is 19.7 Å². The van der Waals surface area contributed by atoms with Crippen LogP contribution in [0.4, 0.5) is 16.2 Å². The minimum Gasteiger partial charge on any atom is -0.619 e. The average molecular weight is 374 g/mol. The highest BCUT2D eigenvalue weighted by Crippen LogP contribution is 2.37. The van der Waals surface area contributed by atoms with Crippen molar-refractivity contribution in [3.63, 3.8) is 0 Å². The second kappa shape index (κ2) is 7.07. The maximum Gasteiger partial charge on any atom is 0.410 e. The molecule has 0 aliphatic carbocycles. The number of ether oxygens (including phenoxy) is 1. The van der Waals surface area contributed by atoms with Gasteiger partial charge in [0, 0.05) is 38.3 Å².